The van der Waals surface area contributed by atoms with E-state index in [0.717, 1.165) is 30.7 Å². The number of carbonyl (C=O) groups is 2. The molecular weight excluding hydrogens is 539 g/mol. The average Bonchev–Trinajstić information content (AvgIpc) is 3.42. The van der Waals surface area contributed by atoms with Crippen molar-refractivity contribution in [3.63, 3.8) is 0 Å². The van der Waals surface area contributed by atoms with E-state index in [0.29, 0.717) is 5.92 Å². The van der Waals surface area contributed by atoms with Crippen LogP contribution in [0.1, 0.15) is 57.7 Å². The lowest BCUT2D eigenvalue weighted by Gasteiger charge is -2.34. The maximum atomic E-state index is 14.0. The smallest absolute Gasteiger partial charge is 0.248 e. The third-order valence-corrected chi connectivity index (χ3v) is 8.34. The molecule has 2 unspecified atom stereocenters. The number of nitrogens with zero attached hydrogens (tertiary/aromatic N) is 4. The molecule has 0 spiro atoms. The number of hydrogen-bond donors (Lipinski definition) is 3. The van der Waals surface area contributed by atoms with Gasteiger partial charge in [0.15, 0.2) is 0 Å². The van der Waals surface area contributed by atoms with Gasteiger partial charge in [0, 0.05) is 43.2 Å². The minimum absolute atomic E-state index is 0.0177. The molecule has 2 amide bonds. The zero-order valence-electron chi connectivity index (χ0n) is 21.4. The first-order chi connectivity index (χ1) is 17.8. The molecule has 14 heteroatoms. The number of halogens is 2. The van der Waals surface area contributed by atoms with Crippen LogP contribution in [0.5, 0.6) is 0 Å². The summed E-state index contributed by atoms with van der Waals surface area (Å²) in [5.41, 5.74) is 0.277. The molecule has 1 aliphatic heterocycles. The van der Waals surface area contributed by atoms with Crippen molar-refractivity contribution in [1.82, 2.24) is 29.9 Å². The molecule has 3 atom stereocenters. The van der Waals surface area contributed by atoms with E-state index in [9.17, 15) is 27.5 Å². The Kier molecular flexibility index (Phi) is 8.12. The number of aromatic nitrogens is 3. The van der Waals surface area contributed by atoms with Crippen LogP contribution in [0.3, 0.4) is 0 Å². The molecule has 0 bridgehead atoms. The normalized spacial score (nSPS) is 20.9. The first-order valence-corrected chi connectivity index (χ1v) is 14.3. The number of β-amino-alcohol motifs (C(OH)–C–C–N with tert-alkyl or cyclic N) is 1. The van der Waals surface area contributed by atoms with Crippen molar-refractivity contribution in [2.45, 2.75) is 69.0 Å². The maximum absolute atomic E-state index is 14.0. The number of carbonyl (C=O) groups excluding carboxylic acids is 2. The molecule has 2 heterocycles. The zero-order chi connectivity index (χ0) is 27.8. The second-order valence-corrected chi connectivity index (χ2v) is 13.0. The molecule has 0 radical (unpaired) electrons. The van der Waals surface area contributed by atoms with Crippen molar-refractivity contribution in [3.8, 4) is 0 Å². The first kappa shape index (κ1) is 28.4. The van der Waals surface area contributed by atoms with Crippen molar-refractivity contribution < 1.29 is 27.5 Å². The van der Waals surface area contributed by atoms with Crippen LogP contribution in [-0.2, 0) is 19.6 Å². The van der Waals surface area contributed by atoms with E-state index >= 15 is 0 Å². The van der Waals surface area contributed by atoms with Crippen LogP contribution in [0.2, 0.25) is 5.02 Å². The molecule has 38 heavy (non-hydrogen) atoms. The summed E-state index contributed by atoms with van der Waals surface area (Å²) >= 11 is 5.67. The molecule has 1 saturated heterocycles. The number of sulfonamides is 1. The summed E-state index contributed by atoms with van der Waals surface area (Å²) in [5.74, 6) is -1.52. The summed E-state index contributed by atoms with van der Waals surface area (Å²) in [5, 5.41) is 21.4. The zero-order valence-corrected chi connectivity index (χ0v) is 23.0. The monoisotopic (exact) mass is 570 g/mol. The van der Waals surface area contributed by atoms with Crippen LogP contribution in [0.15, 0.2) is 29.3 Å². The van der Waals surface area contributed by atoms with Crippen molar-refractivity contribution >= 4 is 33.4 Å². The maximum Gasteiger partial charge on any atom is 0.248 e. The second kappa shape index (κ2) is 10.9. The number of aliphatic hydroxyl groups excluding tert-OH is 1. The molecule has 2 aromatic rings. The van der Waals surface area contributed by atoms with Gasteiger partial charge in [0.1, 0.15) is 22.8 Å². The highest BCUT2D eigenvalue weighted by molar-refractivity contribution is 7.89. The number of amides is 2. The van der Waals surface area contributed by atoms with Gasteiger partial charge in [-0.25, -0.2) is 22.2 Å². The number of benzene rings is 1. The predicted molar refractivity (Wildman–Crippen MR) is 136 cm³/mol. The predicted octanol–water partition coefficient (Wildman–Crippen LogP) is 1.59. The van der Waals surface area contributed by atoms with Crippen LogP contribution in [0.25, 0.3) is 0 Å². The van der Waals surface area contributed by atoms with E-state index in [-0.39, 0.29) is 37.0 Å². The van der Waals surface area contributed by atoms with E-state index in [1.807, 2.05) is 20.8 Å². The Balaban J connectivity index is 1.40. The van der Waals surface area contributed by atoms with Crippen LogP contribution in [-0.4, -0.2) is 77.0 Å². The number of aliphatic hydroxyl groups is 1. The van der Waals surface area contributed by atoms with Crippen LogP contribution in [0.4, 0.5) is 4.39 Å². The Morgan fingerprint density at radius 1 is 1.26 bits per heavy atom. The van der Waals surface area contributed by atoms with E-state index in [1.54, 1.807) is 10.9 Å². The Labute approximate surface area is 225 Å². The van der Waals surface area contributed by atoms with Crippen molar-refractivity contribution in [1.29, 1.82) is 0 Å². The topological polar surface area (TPSA) is 147 Å². The Bertz CT molecular complexity index is 1310. The third kappa shape index (κ3) is 6.33. The van der Waals surface area contributed by atoms with Gasteiger partial charge in [-0.3, -0.25) is 9.59 Å². The van der Waals surface area contributed by atoms with Gasteiger partial charge in [0.2, 0.25) is 21.8 Å². The highest BCUT2D eigenvalue weighted by atomic mass is 35.5. The molecule has 3 N–H and O–H groups in total. The molecule has 1 saturated carbocycles. The molecular formula is C24H32ClFN6O5S. The van der Waals surface area contributed by atoms with Gasteiger partial charge >= 0.3 is 0 Å². The molecule has 1 aromatic carbocycles. The molecule has 4 rings (SSSR count). The van der Waals surface area contributed by atoms with Crippen molar-refractivity contribution in [2.75, 3.05) is 19.6 Å². The SMILES string of the molecule is CC(C)(C)[C@@H](C(=O)N1CC(O)CC1C(=O)NCCNS(=O)(=O)c1ccc(Cl)cc1F)n1cc(C2CC2)nn1. The number of likely N-dealkylation sites (tertiary alicyclic amines) is 1. The van der Waals surface area contributed by atoms with E-state index in [4.69, 9.17) is 11.6 Å². The lowest BCUT2D eigenvalue weighted by Crippen LogP contribution is -2.51. The summed E-state index contributed by atoms with van der Waals surface area (Å²) in [7, 11) is -4.17. The molecule has 2 aliphatic rings. The Morgan fingerprint density at radius 3 is 2.61 bits per heavy atom. The number of hydrogen-bond acceptors (Lipinski definition) is 7. The van der Waals surface area contributed by atoms with E-state index < -0.39 is 50.2 Å². The van der Waals surface area contributed by atoms with Gasteiger partial charge in [-0.1, -0.05) is 37.6 Å². The fourth-order valence-corrected chi connectivity index (χ4v) is 5.83. The lowest BCUT2D eigenvalue weighted by atomic mass is 9.85. The fourth-order valence-electron chi connectivity index (χ4n) is 4.59. The summed E-state index contributed by atoms with van der Waals surface area (Å²) in [6, 6.07) is 1.51. The quantitative estimate of drug-likeness (QED) is 0.388. The van der Waals surface area contributed by atoms with Gasteiger partial charge in [-0.2, -0.15) is 0 Å². The number of nitrogens with one attached hydrogen (secondary N) is 2. The summed E-state index contributed by atoms with van der Waals surface area (Å²) in [6.45, 7) is 5.34. The van der Waals surface area contributed by atoms with Gasteiger partial charge < -0.3 is 15.3 Å². The second-order valence-electron chi connectivity index (χ2n) is 10.8. The largest absolute Gasteiger partial charge is 0.391 e. The molecule has 208 valence electrons. The van der Waals surface area contributed by atoms with Gasteiger partial charge in [0.05, 0.1) is 11.8 Å². The average molecular weight is 571 g/mol. The van der Waals surface area contributed by atoms with Crippen molar-refractivity contribution in [2.24, 2.45) is 5.41 Å². The molecule has 11 nitrogen and oxygen atoms in total. The lowest BCUT2D eigenvalue weighted by molar-refractivity contribution is -0.144. The Hall–Kier alpha value is -2.61. The summed E-state index contributed by atoms with van der Waals surface area (Å²) in [6.07, 6.45) is 3.01. The van der Waals surface area contributed by atoms with Gasteiger partial charge in [0.25, 0.3) is 0 Å². The number of rotatable bonds is 9. The Morgan fingerprint density at radius 2 is 1.97 bits per heavy atom. The summed E-state index contributed by atoms with van der Waals surface area (Å²) < 4.78 is 42.6. The minimum atomic E-state index is -4.17. The third-order valence-electron chi connectivity index (χ3n) is 6.61. The minimum Gasteiger partial charge on any atom is -0.391 e. The standard InChI is InChI=1S/C24H32ClFN6O5S/c1-24(2,3)21(32-13-18(29-30-32)14-4-5-14)23(35)31-12-16(33)11-19(31)22(34)27-8-9-28-38(36,37)20-7-6-15(25)10-17(20)26/h6-7,10,13-14,16,19,21,28,33H,4-5,8-9,11-12H2,1-3H3,(H,27,34)/t16?,19?,21-/m1/s1. The van der Waals surface area contributed by atoms with Gasteiger partial charge in [-0.05, 0) is 36.5 Å². The highest BCUT2D eigenvalue weighted by Gasteiger charge is 2.45. The van der Waals surface area contributed by atoms with Crippen LogP contribution < -0.4 is 10.0 Å². The van der Waals surface area contributed by atoms with Crippen LogP contribution >= 0.6 is 11.6 Å². The van der Waals surface area contributed by atoms with Crippen LogP contribution in [0, 0.1) is 11.2 Å². The van der Waals surface area contributed by atoms with Gasteiger partial charge in [-0.15, -0.1) is 5.10 Å². The van der Waals surface area contributed by atoms with E-state index in [2.05, 4.69) is 20.4 Å². The van der Waals surface area contributed by atoms with E-state index in [1.165, 1.54) is 11.0 Å². The first-order valence-electron chi connectivity index (χ1n) is 12.4. The highest BCUT2D eigenvalue weighted by Crippen LogP contribution is 2.40. The molecule has 1 aliphatic carbocycles. The summed E-state index contributed by atoms with van der Waals surface area (Å²) in [4.78, 5) is 27.5. The fraction of sp³-hybridized carbons (Fsp3) is 0.583. The molecule has 1 aromatic heterocycles. The van der Waals surface area contributed by atoms with Crippen molar-refractivity contribution in [3.05, 3.63) is 40.9 Å². The molecule has 2 fully saturated rings.